The number of hydrogen-bond donors (Lipinski definition) is 0. The Morgan fingerprint density at radius 2 is 2.00 bits per heavy atom. The molecule has 2 rings (SSSR count). The molecule has 1 aromatic carbocycles. The van der Waals surface area contributed by atoms with Crippen LogP contribution >= 0.6 is 0 Å². The monoisotopic (exact) mass is 247 g/mol. The Hall–Kier alpha value is -1.51. The van der Waals surface area contributed by atoms with Crippen molar-refractivity contribution in [3.8, 4) is 11.5 Å². The molecule has 0 unspecified atom stereocenters. The molecular weight excluding hydrogens is 226 g/mol. The Balaban J connectivity index is 2.46. The number of rotatable bonds is 4. The van der Waals surface area contributed by atoms with Crippen LogP contribution in [0.25, 0.3) is 0 Å². The number of benzene rings is 1. The topological polar surface area (TPSA) is 30.8 Å². The summed E-state index contributed by atoms with van der Waals surface area (Å²) in [6, 6.07) is 4.08. The van der Waals surface area contributed by atoms with Gasteiger partial charge in [-0.05, 0) is 30.9 Å². The number of nitrogens with zero attached hydrogens (tertiary/aromatic N) is 1. The van der Waals surface area contributed by atoms with Crippen LogP contribution in [-0.2, 0) is 6.42 Å². The van der Waals surface area contributed by atoms with E-state index in [0.717, 1.165) is 30.9 Å². The van der Waals surface area contributed by atoms with Crippen LogP contribution in [0.1, 0.15) is 31.4 Å². The van der Waals surface area contributed by atoms with Gasteiger partial charge >= 0.3 is 0 Å². The molecule has 0 aromatic heterocycles. The second kappa shape index (κ2) is 5.42. The Bertz CT molecular complexity index is 464. The van der Waals surface area contributed by atoms with Crippen molar-refractivity contribution in [3.05, 3.63) is 23.3 Å². The van der Waals surface area contributed by atoms with Crippen molar-refractivity contribution in [2.24, 2.45) is 10.9 Å². The first-order chi connectivity index (χ1) is 8.67. The van der Waals surface area contributed by atoms with Crippen molar-refractivity contribution in [3.63, 3.8) is 0 Å². The van der Waals surface area contributed by atoms with Crippen molar-refractivity contribution in [2.45, 2.75) is 26.7 Å². The van der Waals surface area contributed by atoms with Gasteiger partial charge in [-0.25, -0.2) is 0 Å². The van der Waals surface area contributed by atoms with Gasteiger partial charge in [-0.2, -0.15) is 0 Å². The summed E-state index contributed by atoms with van der Waals surface area (Å²) in [6.07, 6.45) is 1.94. The fourth-order valence-corrected chi connectivity index (χ4v) is 2.46. The minimum Gasteiger partial charge on any atom is -0.493 e. The molecule has 3 nitrogen and oxygen atoms in total. The SMILES string of the molecule is COc1ccc2c(c1OC)CCN=C2CC(C)C. The van der Waals surface area contributed by atoms with Crippen LogP contribution in [0, 0.1) is 5.92 Å². The molecule has 1 aliphatic heterocycles. The van der Waals surface area contributed by atoms with Crippen LogP contribution in [0.4, 0.5) is 0 Å². The van der Waals surface area contributed by atoms with E-state index < -0.39 is 0 Å². The second-order valence-corrected chi connectivity index (χ2v) is 5.00. The molecule has 1 heterocycles. The van der Waals surface area contributed by atoms with Gasteiger partial charge in [-0.1, -0.05) is 13.8 Å². The average molecular weight is 247 g/mol. The minimum absolute atomic E-state index is 0.614. The van der Waals surface area contributed by atoms with Crippen LogP contribution in [0.3, 0.4) is 0 Å². The molecule has 18 heavy (non-hydrogen) atoms. The number of methoxy groups -OCH3 is 2. The molecule has 0 radical (unpaired) electrons. The lowest BCUT2D eigenvalue weighted by Crippen LogP contribution is -2.16. The standard InChI is InChI=1S/C15H21NO2/c1-10(2)9-13-11-5-6-14(17-3)15(18-4)12(11)7-8-16-13/h5-6,10H,7-9H2,1-4H3. The van der Waals surface area contributed by atoms with E-state index in [1.165, 1.54) is 16.8 Å². The number of ether oxygens (including phenoxy) is 2. The third-order valence-corrected chi connectivity index (χ3v) is 3.23. The molecule has 1 aromatic rings. The lowest BCUT2D eigenvalue weighted by Gasteiger charge is -2.22. The van der Waals surface area contributed by atoms with E-state index >= 15 is 0 Å². The van der Waals surface area contributed by atoms with Gasteiger partial charge in [0.1, 0.15) is 0 Å². The van der Waals surface area contributed by atoms with Gasteiger partial charge in [0.25, 0.3) is 0 Å². The highest BCUT2D eigenvalue weighted by atomic mass is 16.5. The summed E-state index contributed by atoms with van der Waals surface area (Å²) in [6.45, 7) is 5.29. The van der Waals surface area contributed by atoms with E-state index in [2.05, 4.69) is 24.9 Å². The van der Waals surface area contributed by atoms with E-state index in [0.29, 0.717) is 5.92 Å². The molecule has 0 saturated heterocycles. The second-order valence-electron chi connectivity index (χ2n) is 5.00. The maximum atomic E-state index is 5.51. The van der Waals surface area contributed by atoms with Gasteiger partial charge in [-0.15, -0.1) is 0 Å². The number of fused-ring (bicyclic) bond motifs is 1. The first kappa shape index (κ1) is 12.9. The number of aliphatic imine (C=N–C) groups is 1. The first-order valence-electron chi connectivity index (χ1n) is 6.45. The largest absolute Gasteiger partial charge is 0.493 e. The fourth-order valence-electron chi connectivity index (χ4n) is 2.46. The van der Waals surface area contributed by atoms with E-state index in [1.807, 2.05) is 6.07 Å². The smallest absolute Gasteiger partial charge is 0.164 e. The molecule has 0 fully saturated rings. The third-order valence-electron chi connectivity index (χ3n) is 3.23. The zero-order valence-corrected chi connectivity index (χ0v) is 11.6. The summed E-state index contributed by atoms with van der Waals surface area (Å²) in [5.74, 6) is 2.29. The molecule has 3 heteroatoms. The zero-order chi connectivity index (χ0) is 13.1. The maximum Gasteiger partial charge on any atom is 0.164 e. The highest BCUT2D eigenvalue weighted by Gasteiger charge is 2.21. The lowest BCUT2D eigenvalue weighted by molar-refractivity contribution is 0.351. The van der Waals surface area contributed by atoms with Crippen molar-refractivity contribution < 1.29 is 9.47 Å². The zero-order valence-electron chi connectivity index (χ0n) is 11.6. The van der Waals surface area contributed by atoms with E-state index in [4.69, 9.17) is 9.47 Å². The predicted molar refractivity (Wildman–Crippen MR) is 74.1 cm³/mol. The summed E-state index contributed by atoms with van der Waals surface area (Å²) in [4.78, 5) is 4.66. The molecule has 1 aliphatic rings. The number of hydrogen-bond acceptors (Lipinski definition) is 3. The van der Waals surface area contributed by atoms with Gasteiger partial charge in [0.2, 0.25) is 0 Å². The predicted octanol–water partition coefficient (Wildman–Crippen LogP) is 3.10. The van der Waals surface area contributed by atoms with E-state index in [1.54, 1.807) is 14.2 Å². The third kappa shape index (κ3) is 2.35. The molecule has 0 aliphatic carbocycles. The molecule has 0 amide bonds. The Kier molecular flexibility index (Phi) is 3.90. The first-order valence-corrected chi connectivity index (χ1v) is 6.45. The van der Waals surface area contributed by atoms with Crippen LogP contribution in [0.2, 0.25) is 0 Å². The van der Waals surface area contributed by atoms with Gasteiger partial charge in [0.15, 0.2) is 11.5 Å². The van der Waals surface area contributed by atoms with Gasteiger partial charge in [0, 0.05) is 23.4 Å². The molecule has 98 valence electrons. The van der Waals surface area contributed by atoms with Gasteiger partial charge < -0.3 is 9.47 Å². The van der Waals surface area contributed by atoms with Crippen LogP contribution < -0.4 is 9.47 Å². The highest BCUT2D eigenvalue weighted by Crippen LogP contribution is 2.36. The normalized spacial score (nSPS) is 14.2. The van der Waals surface area contributed by atoms with Crippen molar-refractivity contribution in [2.75, 3.05) is 20.8 Å². The molecule has 0 saturated carbocycles. The molecule has 0 atom stereocenters. The molecule has 0 spiro atoms. The average Bonchev–Trinajstić information content (AvgIpc) is 2.37. The Labute approximate surface area is 109 Å². The molecule has 0 bridgehead atoms. The van der Waals surface area contributed by atoms with Crippen molar-refractivity contribution >= 4 is 5.71 Å². The summed E-state index contributed by atoms with van der Waals surface area (Å²) in [7, 11) is 3.38. The van der Waals surface area contributed by atoms with Crippen LogP contribution in [0.15, 0.2) is 17.1 Å². The summed E-state index contributed by atoms with van der Waals surface area (Å²) in [5, 5.41) is 0. The van der Waals surface area contributed by atoms with Crippen LogP contribution in [-0.4, -0.2) is 26.5 Å². The molecular formula is C15H21NO2. The summed E-state index contributed by atoms with van der Waals surface area (Å²) in [5.41, 5.74) is 3.67. The van der Waals surface area contributed by atoms with Crippen molar-refractivity contribution in [1.29, 1.82) is 0 Å². The van der Waals surface area contributed by atoms with E-state index in [-0.39, 0.29) is 0 Å². The van der Waals surface area contributed by atoms with Crippen molar-refractivity contribution in [1.82, 2.24) is 0 Å². The minimum atomic E-state index is 0.614. The quantitative estimate of drug-likeness (QED) is 0.818. The van der Waals surface area contributed by atoms with Gasteiger partial charge in [-0.3, -0.25) is 4.99 Å². The van der Waals surface area contributed by atoms with E-state index in [9.17, 15) is 0 Å². The van der Waals surface area contributed by atoms with Gasteiger partial charge in [0.05, 0.1) is 14.2 Å². The lowest BCUT2D eigenvalue weighted by atomic mass is 9.91. The summed E-state index contributed by atoms with van der Waals surface area (Å²) >= 11 is 0. The Morgan fingerprint density at radius 1 is 1.22 bits per heavy atom. The summed E-state index contributed by atoms with van der Waals surface area (Å²) < 4.78 is 10.9. The maximum absolute atomic E-state index is 5.51. The fraction of sp³-hybridized carbons (Fsp3) is 0.533. The molecule has 0 N–H and O–H groups in total. The Morgan fingerprint density at radius 3 is 2.61 bits per heavy atom. The van der Waals surface area contributed by atoms with Crippen LogP contribution in [0.5, 0.6) is 11.5 Å². The highest BCUT2D eigenvalue weighted by molar-refractivity contribution is 6.03.